The largest absolute Gasteiger partial charge is 0.269 e. The average molecular weight is 282 g/mol. The summed E-state index contributed by atoms with van der Waals surface area (Å²) in [6.07, 6.45) is 12.1. The molecule has 0 aliphatic heterocycles. The van der Waals surface area contributed by atoms with E-state index < -0.39 is 10.1 Å². The van der Waals surface area contributed by atoms with Crippen LogP contribution in [0.3, 0.4) is 0 Å². The molecule has 0 radical (unpaired) electrons. The summed E-state index contributed by atoms with van der Waals surface area (Å²) in [6, 6.07) is 0. The van der Waals surface area contributed by atoms with Gasteiger partial charge in [0.2, 0.25) is 0 Å². The van der Waals surface area contributed by atoms with Crippen LogP contribution in [-0.4, -0.2) is 14.2 Å². The Hall–Kier alpha value is 0.340. The zero-order valence-corrected chi connectivity index (χ0v) is 13.0. The molecule has 0 amide bonds. The Morgan fingerprint density at radius 2 is 1.24 bits per heavy atom. The molecule has 17 heavy (non-hydrogen) atoms. The van der Waals surface area contributed by atoms with E-state index in [1.54, 1.807) is 9.47 Å². The Kier molecular flexibility index (Phi) is 11.7. The highest BCUT2D eigenvalue weighted by Gasteiger charge is 2.06. The Morgan fingerprint density at radius 1 is 0.824 bits per heavy atom. The van der Waals surface area contributed by atoms with Crippen LogP contribution in [0.25, 0.3) is 0 Å². The van der Waals surface area contributed by atoms with Crippen LogP contribution in [0.1, 0.15) is 71.1 Å². The van der Waals surface area contributed by atoms with E-state index in [1.807, 2.05) is 0 Å². The summed E-state index contributed by atoms with van der Waals surface area (Å²) in [6.45, 7) is 2.23. The van der Waals surface area contributed by atoms with Gasteiger partial charge < -0.3 is 0 Å². The molecule has 104 valence electrons. The Bertz CT molecular complexity index is 252. The van der Waals surface area contributed by atoms with Gasteiger partial charge >= 0.3 is 0 Å². The molecule has 0 fully saturated rings. The lowest BCUT2D eigenvalue weighted by atomic mass is 10.1. The molecular formula is C12H27O3PS. The molecular weight excluding hydrogens is 255 g/mol. The fourth-order valence-electron chi connectivity index (χ4n) is 1.81. The maximum absolute atomic E-state index is 11.0. The van der Waals surface area contributed by atoms with Crippen molar-refractivity contribution in [3.63, 3.8) is 0 Å². The lowest BCUT2D eigenvalue weighted by Crippen LogP contribution is -2.04. The first kappa shape index (κ1) is 17.3. The summed E-state index contributed by atoms with van der Waals surface area (Å²) >= 11 is 0. The fourth-order valence-corrected chi connectivity index (χ4v) is 2.76. The van der Waals surface area contributed by atoms with Crippen LogP contribution < -0.4 is 0 Å². The van der Waals surface area contributed by atoms with Crippen molar-refractivity contribution in [1.82, 2.24) is 0 Å². The molecule has 0 rings (SSSR count). The van der Waals surface area contributed by atoms with Gasteiger partial charge in [0.1, 0.15) is 0 Å². The minimum Gasteiger partial charge on any atom is -0.254 e. The van der Waals surface area contributed by atoms with Gasteiger partial charge in [0, 0.05) is 9.47 Å². The molecule has 0 heterocycles. The summed E-state index contributed by atoms with van der Waals surface area (Å²) in [5, 5.41) is 0. The molecule has 1 atom stereocenters. The van der Waals surface area contributed by atoms with Crippen LogP contribution in [0.2, 0.25) is 0 Å². The maximum atomic E-state index is 11.0. The monoisotopic (exact) mass is 282 g/mol. The molecule has 0 N–H and O–H groups in total. The first-order chi connectivity index (χ1) is 8.12. The summed E-state index contributed by atoms with van der Waals surface area (Å²) in [5.41, 5.74) is 0. The van der Waals surface area contributed by atoms with Gasteiger partial charge in [0.15, 0.2) is 0 Å². The third-order valence-corrected chi connectivity index (χ3v) is 4.86. The summed E-state index contributed by atoms with van der Waals surface area (Å²) in [4.78, 5) is 0. The topological polar surface area (TPSA) is 43.4 Å². The van der Waals surface area contributed by atoms with Crippen molar-refractivity contribution in [2.45, 2.75) is 71.1 Å². The highest BCUT2D eigenvalue weighted by molar-refractivity contribution is 7.88. The normalized spacial score (nSPS) is 11.9. The molecule has 5 heteroatoms. The third-order valence-electron chi connectivity index (χ3n) is 2.89. The van der Waals surface area contributed by atoms with E-state index in [2.05, 4.69) is 10.9 Å². The highest BCUT2D eigenvalue weighted by Crippen LogP contribution is 2.11. The van der Waals surface area contributed by atoms with Gasteiger partial charge in [-0.05, 0) is 6.42 Å². The Balaban J connectivity index is 3.14. The van der Waals surface area contributed by atoms with E-state index in [4.69, 9.17) is 0 Å². The van der Waals surface area contributed by atoms with Crippen molar-refractivity contribution in [3.05, 3.63) is 0 Å². The van der Waals surface area contributed by atoms with Gasteiger partial charge in [0.05, 0.1) is 5.75 Å². The summed E-state index contributed by atoms with van der Waals surface area (Å²) in [5.74, 6) is 0.146. The molecule has 0 aliphatic rings. The van der Waals surface area contributed by atoms with E-state index in [-0.39, 0.29) is 5.75 Å². The molecule has 0 bridgehead atoms. The van der Waals surface area contributed by atoms with Crippen LogP contribution in [0.15, 0.2) is 0 Å². The van der Waals surface area contributed by atoms with Gasteiger partial charge in [-0.1, -0.05) is 64.7 Å². The van der Waals surface area contributed by atoms with Crippen LogP contribution in [0.5, 0.6) is 0 Å². The first-order valence-corrected chi connectivity index (χ1v) is 8.78. The van der Waals surface area contributed by atoms with Gasteiger partial charge in [-0.25, -0.2) is 0 Å². The molecule has 0 aromatic carbocycles. The van der Waals surface area contributed by atoms with Gasteiger partial charge in [-0.3, -0.25) is 3.97 Å². The first-order valence-electron chi connectivity index (χ1n) is 6.73. The maximum Gasteiger partial charge on any atom is 0.269 e. The van der Waals surface area contributed by atoms with E-state index in [9.17, 15) is 8.42 Å². The highest BCUT2D eigenvalue weighted by atomic mass is 32.2. The molecule has 3 nitrogen and oxygen atoms in total. The molecule has 0 saturated carbocycles. The van der Waals surface area contributed by atoms with Crippen molar-refractivity contribution < 1.29 is 12.4 Å². The van der Waals surface area contributed by atoms with Gasteiger partial charge in [-0.2, -0.15) is 8.42 Å². The van der Waals surface area contributed by atoms with E-state index in [0.717, 1.165) is 12.8 Å². The molecule has 0 spiro atoms. The summed E-state index contributed by atoms with van der Waals surface area (Å²) < 4.78 is 26.3. The minimum atomic E-state index is -3.26. The number of hydrogen-bond donors (Lipinski definition) is 0. The van der Waals surface area contributed by atoms with Crippen molar-refractivity contribution in [1.29, 1.82) is 0 Å². The van der Waals surface area contributed by atoms with Crippen LogP contribution in [0.4, 0.5) is 0 Å². The predicted octanol–water partition coefficient (Wildman–Crippen LogP) is 4.04. The standard InChI is InChI=1S/C12H27O3PS/c1-2-3-4-5-6-7-8-9-10-11-12-17(13,14)15-16/h2-12,16H2,1H3. The smallest absolute Gasteiger partial charge is 0.254 e. The third kappa shape index (κ3) is 12.6. The van der Waals surface area contributed by atoms with E-state index in [0.29, 0.717) is 6.42 Å². The predicted molar refractivity (Wildman–Crippen MR) is 76.4 cm³/mol. The zero-order valence-electron chi connectivity index (χ0n) is 11.0. The fraction of sp³-hybridized carbons (Fsp3) is 1.00. The lowest BCUT2D eigenvalue weighted by molar-refractivity contribution is 0.510. The number of unbranched alkanes of at least 4 members (excludes halogenated alkanes) is 9. The number of rotatable bonds is 12. The SMILES string of the molecule is CCCCCCCCCCCCS(=O)(=O)OP. The molecule has 0 aromatic heterocycles. The Labute approximate surface area is 109 Å². The average Bonchev–Trinajstić information content (AvgIpc) is 2.31. The van der Waals surface area contributed by atoms with E-state index >= 15 is 0 Å². The molecule has 0 saturated heterocycles. The quantitative estimate of drug-likeness (QED) is 0.401. The minimum absolute atomic E-state index is 0.146. The van der Waals surface area contributed by atoms with Gasteiger partial charge in [-0.15, -0.1) is 0 Å². The van der Waals surface area contributed by atoms with Gasteiger partial charge in [0.25, 0.3) is 10.1 Å². The second-order valence-electron chi connectivity index (χ2n) is 4.54. The van der Waals surface area contributed by atoms with Crippen molar-refractivity contribution in [3.8, 4) is 0 Å². The van der Waals surface area contributed by atoms with Crippen LogP contribution >= 0.6 is 9.47 Å². The molecule has 0 aromatic rings. The van der Waals surface area contributed by atoms with Crippen molar-refractivity contribution >= 4 is 19.6 Å². The lowest BCUT2D eigenvalue weighted by Gasteiger charge is -2.02. The van der Waals surface area contributed by atoms with Crippen LogP contribution in [-0.2, 0) is 14.1 Å². The Morgan fingerprint density at radius 3 is 1.65 bits per heavy atom. The van der Waals surface area contributed by atoms with Crippen molar-refractivity contribution in [2.75, 3.05) is 5.75 Å². The number of hydrogen-bond acceptors (Lipinski definition) is 3. The van der Waals surface area contributed by atoms with Crippen molar-refractivity contribution in [2.24, 2.45) is 0 Å². The molecule has 0 aliphatic carbocycles. The van der Waals surface area contributed by atoms with E-state index in [1.165, 1.54) is 44.9 Å². The van der Waals surface area contributed by atoms with Crippen LogP contribution in [0, 0.1) is 0 Å². The second-order valence-corrected chi connectivity index (χ2v) is 6.83. The zero-order chi connectivity index (χ0) is 13.0. The molecule has 1 unspecified atom stereocenters. The summed E-state index contributed by atoms with van der Waals surface area (Å²) in [7, 11) is -1.47. The second kappa shape index (κ2) is 11.4.